The lowest BCUT2D eigenvalue weighted by Gasteiger charge is -2.18. The topological polar surface area (TPSA) is 78.9 Å². The highest BCUT2D eigenvalue weighted by Crippen LogP contribution is 2.17. The second-order valence-corrected chi connectivity index (χ2v) is 22.3. The van der Waals surface area contributed by atoms with Gasteiger partial charge in [-0.25, -0.2) is 0 Å². The van der Waals surface area contributed by atoms with Crippen molar-refractivity contribution in [3.8, 4) is 0 Å². The number of rotatable bonds is 61. The number of ether oxygens (including phenoxy) is 3. The Hall–Kier alpha value is -3.41. The van der Waals surface area contributed by atoms with Crippen LogP contribution in [0, 0.1) is 0 Å². The van der Waals surface area contributed by atoms with Gasteiger partial charge in [0.1, 0.15) is 13.2 Å². The largest absolute Gasteiger partial charge is 0.462 e. The van der Waals surface area contributed by atoms with Crippen LogP contribution >= 0.6 is 0 Å². The molecule has 0 bridgehead atoms. The summed E-state index contributed by atoms with van der Waals surface area (Å²) in [6.45, 7) is 6.52. The zero-order chi connectivity index (χ0) is 56.4. The number of allylic oxidation sites excluding steroid dienone is 14. The summed E-state index contributed by atoms with van der Waals surface area (Å²) in [7, 11) is 0. The Kier molecular flexibility index (Phi) is 63.2. The van der Waals surface area contributed by atoms with E-state index in [1.165, 1.54) is 193 Å². The Morgan fingerprint density at radius 2 is 0.500 bits per heavy atom. The molecule has 0 N–H and O–H groups in total. The van der Waals surface area contributed by atoms with Gasteiger partial charge in [0.05, 0.1) is 0 Å². The molecule has 0 fully saturated rings. The lowest BCUT2D eigenvalue weighted by atomic mass is 10.0. The molecule has 0 saturated heterocycles. The van der Waals surface area contributed by atoms with Gasteiger partial charge in [0.15, 0.2) is 6.10 Å². The van der Waals surface area contributed by atoms with Crippen molar-refractivity contribution in [2.75, 3.05) is 13.2 Å². The first-order chi connectivity index (χ1) is 38.5. The molecule has 78 heavy (non-hydrogen) atoms. The minimum Gasteiger partial charge on any atom is -0.462 e. The van der Waals surface area contributed by atoms with E-state index in [0.717, 1.165) is 103 Å². The molecule has 6 heteroatoms. The van der Waals surface area contributed by atoms with Crippen molar-refractivity contribution in [1.82, 2.24) is 0 Å². The molecule has 0 rings (SSSR count). The number of esters is 3. The fraction of sp³-hybridized carbons (Fsp3) is 0.764. The van der Waals surface area contributed by atoms with E-state index in [0.29, 0.717) is 19.3 Å². The molecule has 1 atom stereocenters. The van der Waals surface area contributed by atoms with Crippen LogP contribution in [0.5, 0.6) is 0 Å². The normalized spacial score (nSPS) is 12.6. The molecule has 0 aromatic rings. The van der Waals surface area contributed by atoms with Crippen LogP contribution in [0.25, 0.3) is 0 Å². The first-order valence-electron chi connectivity index (χ1n) is 33.6. The van der Waals surface area contributed by atoms with Crippen molar-refractivity contribution < 1.29 is 28.6 Å². The first kappa shape index (κ1) is 74.6. The van der Waals surface area contributed by atoms with E-state index in [4.69, 9.17) is 14.2 Å². The van der Waals surface area contributed by atoms with Crippen molar-refractivity contribution in [3.63, 3.8) is 0 Å². The van der Waals surface area contributed by atoms with Crippen LogP contribution in [0.2, 0.25) is 0 Å². The predicted molar refractivity (Wildman–Crippen MR) is 339 cm³/mol. The number of carbonyl (C=O) groups is 3. The van der Waals surface area contributed by atoms with Crippen LogP contribution in [0.1, 0.15) is 335 Å². The molecule has 0 aliphatic carbocycles. The van der Waals surface area contributed by atoms with Crippen molar-refractivity contribution in [1.29, 1.82) is 0 Å². The van der Waals surface area contributed by atoms with Gasteiger partial charge < -0.3 is 14.2 Å². The van der Waals surface area contributed by atoms with Crippen LogP contribution < -0.4 is 0 Å². The molecular formula is C72H126O6. The SMILES string of the molecule is CC/C=C\C/C=C\C/C=C\C/C=C\CCCCCCCCCCC(=O)OC(COC(=O)CCCCCCC/C=C\CCCCC)COC(=O)CCCCCCCCCCCCCCCCC/C=C\C/C=C\CCCCCCC. The highest BCUT2D eigenvalue weighted by molar-refractivity contribution is 5.71. The monoisotopic (exact) mass is 1090 g/mol. The zero-order valence-electron chi connectivity index (χ0n) is 51.7. The van der Waals surface area contributed by atoms with E-state index in [1.54, 1.807) is 0 Å². The van der Waals surface area contributed by atoms with E-state index in [9.17, 15) is 14.4 Å². The van der Waals surface area contributed by atoms with Gasteiger partial charge >= 0.3 is 17.9 Å². The Morgan fingerprint density at radius 3 is 0.821 bits per heavy atom. The maximum Gasteiger partial charge on any atom is 0.306 e. The van der Waals surface area contributed by atoms with Gasteiger partial charge in [0, 0.05) is 19.3 Å². The Balaban J connectivity index is 4.26. The number of unbranched alkanes of at least 4 members (excludes halogenated alkanes) is 36. The molecule has 1 unspecified atom stereocenters. The van der Waals surface area contributed by atoms with Crippen LogP contribution in [-0.2, 0) is 28.6 Å². The van der Waals surface area contributed by atoms with Crippen molar-refractivity contribution >= 4 is 17.9 Å². The van der Waals surface area contributed by atoms with Gasteiger partial charge in [-0.2, -0.15) is 0 Å². The fourth-order valence-corrected chi connectivity index (χ4v) is 9.58. The van der Waals surface area contributed by atoms with Gasteiger partial charge in [0.2, 0.25) is 0 Å². The molecule has 6 nitrogen and oxygen atoms in total. The minimum atomic E-state index is -0.785. The van der Waals surface area contributed by atoms with Gasteiger partial charge in [-0.3, -0.25) is 14.4 Å². The van der Waals surface area contributed by atoms with Crippen molar-refractivity contribution in [3.05, 3.63) is 85.1 Å². The predicted octanol–water partition coefficient (Wildman–Crippen LogP) is 23.1. The molecule has 0 aromatic heterocycles. The number of carbonyl (C=O) groups excluding carboxylic acids is 3. The maximum absolute atomic E-state index is 12.9. The summed E-state index contributed by atoms with van der Waals surface area (Å²) in [5.41, 5.74) is 0. The Morgan fingerprint density at radius 1 is 0.269 bits per heavy atom. The number of hydrogen-bond acceptors (Lipinski definition) is 6. The van der Waals surface area contributed by atoms with Crippen LogP contribution in [0.15, 0.2) is 85.1 Å². The van der Waals surface area contributed by atoms with E-state index in [2.05, 4.69) is 106 Å². The average Bonchev–Trinajstić information content (AvgIpc) is 3.44. The van der Waals surface area contributed by atoms with Crippen LogP contribution in [0.4, 0.5) is 0 Å². The smallest absolute Gasteiger partial charge is 0.306 e. The third-order valence-electron chi connectivity index (χ3n) is 14.6. The Bertz CT molecular complexity index is 1480. The van der Waals surface area contributed by atoms with Crippen molar-refractivity contribution in [2.45, 2.75) is 341 Å². The van der Waals surface area contributed by atoms with Gasteiger partial charge in [-0.15, -0.1) is 0 Å². The maximum atomic E-state index is 12.9. The zero-order valence-corrected chi connectivity index (χ0v) is 51.7. The summed E-state index contributed by atoms with van der Waals surface area (Å²) in [5.74, 6) is -0.885. The summed E-state index contributed by atoms with van der Waals surface area (Å²) >= 11 is 0. The summed E-state index contributed by atoms with van der Waals surface area (Å²) in [5, 5.41) is 0. The molecule has 0 heterocycles. The highest BCUT2D eigenvalue weighted by Gasteiger charge is 2.19. The lowest BCUT2D eigenvalue weighted by molar-refractivity contribution is -0.167. The van der Waals surface area contributed by atoms with E-state index >= 15 is 0 Å². The summed E-state index contributed by atoms with van der Waals surface area (Å²) in [4.78, 5) is 38.3. The summed E-state index contributed by atoms with van der Waals surface area (Å²) in [6, 6.07) is 0. The highest BCUT2D eigenvalue weighted by atomic mass is 16.6. The molecule has 0 aromatic carbocycles. The third-order valence-corrected chi connectivity index (χ3v) is 14.6. The first-order valence-corrected chi connectivity index (χ1v) is 33.6. The molecule has 0 spiro atoms. The molecular weight excluding hydrogens is 961 g/mol. The van der Waals surface area contributed by atoms with Gasteiger partial charge in [-0.1, -0.05) is 286 Å². The average molecular weight is 1090 g/mol. The second-order valence-electron chi connectivity index (χ2n) is 22.3. The fourth-order valence-electron chi connectivity index (χ4n) is 9.58. The standard InChI is InChI=1S/C72H126O6/c1-4-7-10-13-16-19-22-25-27-29-31-33-34-35-36-37-38-40-41-43-45-47-50-53-56-59-62-65-71(74)77-68-69(67-76-70(73)64-61-58-55-52-49-24-21-18-15-12-9-6-3)78-72(75)66-63-60-57-54-51-48-46-44-42-39-32-30-28-26-23-20-17-14-11-8-5-2/h8,11,17-18,20-22,25-26,28-29,31-32,39,69H,4-7,9-10,12-16,19,23-24,27,30,33-38,40-68H2,1-3H3/b11-8-,20-17-,21-18-,25-22-,28-26-,31-29-,39-32-. The van der Waals surface area contributed by atoms with Crippen molar-refractivity contribution in [2.24, 2.45) is 0 Å². The van der Waals surface area contributed by atoms with E-state index in [-0.39, 0.29) is 31.1 Å². The second kappa shape index (κ2) is 66.1. The quantitative estimate of drug-likeness (QED) is 0.0261. The van der Waals surface area contributed by atoms with Gasteiger partial charge in [0.25, 0.3) is 0 Å². The molecule has 0 amide bonds. The molecule has 0 radical (unpaired) electrons. The summed E-state index contributed by atoms with van der Waals surface area (Å²) in [6.07, 6.45) is 87.4. The Labute approximate surface area is 484 Å². The molecule has 0 aliphatic heterocycles. The molecule has 0 saturated carbocycles. The lowest BCUT2D eigenvalue weighted by Crippen LogP contribution is -2.30. The minimum absolute atomic E-state index is 0.0805. The molecule has 0 aliphatic rings. The van der Waals surface area contributed by atoms with Crippen LogP contribution in [-0.4, -0.2) is 37.2 Å². The summed E-state index contributed by atoms with van der Waals surface area (Å²) < 4.78 is 16.9. The van der Waals surface area contributed by atoms with Gasteiger partial charge in [-0.05, 0) is 116 Å². The van der Waals surface area contributed by atoms with E-state index < -0.39 is 6.10 Å². The van der Waals surface area contributed by atoms with Crippen LogP contribution in [0.3, 0.4) is 0 Å². The number of hydrogen-bond donors (Lipinski definition) is 0. The third kappa shape index (κ3) is 63.4. The molecule has 450 valence electrons. The van der Waals surface area contributed by atoms with E-state index in [1.807, 2.05) is 0 Å².